The van der Waals surface area contributed by atoms with E-state index >= 15 is 0 Å². The molecule has 1 fully saturated rings. The van der Waals surface area contributed by atoms with Crippen LogP contribution in [-0.4, -0.2) is 52.1 Å². The summed E-state index contributed by atoms with van der Waals surface area (Å²) in [6, 6.07) is 34.4. The number of methoxy groups -OCH3 is 1. The summed E-state index contributed by atoms with van der Waals surface area (Å²) < 4.78 is 17.2. The van der Waals surface area contributed by atoms with E-state index in [2.05, 4.69) is 5.32 Å². The number of β-lactam (4-membered cyclic amide) rings is 1. The number of nitrogens with zero attached hydrogens (tertiary/aromatic N) is 1. The molecule has 0 aliphatic carbocycles. The second kappa shape index (κ2) is 13.9. The summed E-state index contributed by atoms with van der Waals surface area (Å²) in [5, 5.41) is 12.9. The second-order valence-electron chi connectivity index (χ2n) is 10.7. The number of thioether (sulfide) groups is 1. The zero-order valence-electron chi connectivity index (χ0n) is 24.9. The largest absolute Gasteiger partial charge is 0.509 e. The van der Waals surface area contributed by atoms with E-state index in [0.29, 0.717) is 16.9 Å². The molecule has 9 nitrogen and oxygen atoms in total. The van der Waals surface area contributed by atoms with Crippen LogP contribution >= 0.6 is 11.8 Å². The minimum absolute atomic E-state index is 0.0559. The molecule has 0 spiro atoms. The van der Waals surface area contributed by atoms with Gasteiger partial charge in [0, 0.05) is 0 Å². The lowest BCUT2D eigenvalue weighted by atomic mass is 9.99. The summed E-state index contributed by atoms with van der Waals surface area (Å²) in [6.07, 6.45) is -1.62. The molecule has 2 aliphatic rings. The molecule has 2 unspecified atom stereocenters. The minimum atomic E-state index is -1.06. The highest BCUT2D eigenvalue weighted by atomic mass is 32.2. The van der Waals surface area contributed by atoms with Crippen molar-refractivity contribution < 1.29 is 33.7 Å². The van der Waals surface area contributed by atoms with Gasteiger partial charge >= 0.3 is 5.97 Å². The number of ether oxygens (including phenoxy) is 3. The van der Waals surface area contributed by atoms with Gasteiger partial charge < -0.3 is 24.6 Å². The Morgan fingerprint density at radius 1 is 0.870 bits per heavy atom. The second-order valence-corrected chi connectivity index (χ2v) is 11.8. The fourth-order valence-electron chi connectivity index (χ4n) is 5.42. The highest BCUT2D eigenvalue weighted by Gasteiger charge is 2.55. The quantitative estimate of drug-likeness (QED) is 0.165. The van der Waals surface area contributed by atoms with Crippen LogP contribution in [0.15, 0.2) is 127 Å². The first kappa shape index (κ1) is 30.9. The van der Waals surface area contributed by atoms with E-state index in [9.17, 15) is 19.5 Å². The molecule has 46 heavy (non-hydrogen) atoms. The first-order valence-corrected chi connectivity index (χ1v) is 15.8. The molecule has 1 saturated heterocycles. The van der Waals surface area contributed by atoms with Gasteiger partial charge in [0.25, 0.3) is 11.8 Å². The molecule has 2 aliphatic heterocycles. The molecular formula is C36H32N2O7S. The van der Waals surface area contributed by atoms with E-state index in [1.165, 1.54) is 16.7 Å². The van der Waals surface area contributed by atoms with Gasteiger partial charge in [-0.1, -0.05) is 103 Å². The Morgan fingerprint density at radius 2 is 1.43 bits per heavy atom. The molecule has 4 aromatic carbocycles. The van der Waals surface area contributed by atoms with Crippen LogP contribution in [-0.2, 0) is 30.5 Å². The summed E-state index contributed by atoms with van der Waals surface area (Å²) in [6.45, 7) is -0.0559. The molecule has 3 atom stereocenters. The Balaban J connectivity index is 1.19. The van der Waals surface area contributed by atoms with Gasteiger partial charge in [0.1, 0.15) is 35.6 Å². The highest BCUT2D eigenvalue weighted by molar-refractivity contribution is 8.00. The Morgan fingerprint density at radius 3 is 2.00 bits per heavy atom. The number of aliphatic hydroxyl groups is 1. The van der Waals surface area contributed by atoms with E-state index in [1.54, 1.807) is 43.5 Å². The van der Waals surface area contributed by atoms with E-state index in [-0.39, 0.29) is 23.8 Å². The number of hydrogen-bond acceptors (Lipinski definition) is 8. The Labute approximate surface area is 270 Å². The molecule has 10 heteroatoms. The average Bonchev–Trinajstić information content (AvgIpc) is 3.11. The number of benzene rings is 4. The van der Waals surface area contributed by atoms with Crippen molar-refractivity contribution >= 4 is 29.5 Å². The molecule has 2 amide bonds. The topological polar surface area (TPSA) is 114 Å². The lowest BCUT2D eigenvalue weighted by molar-refractivity contribution is -0.155. The van der Waals surface area contributed by atoms with Crippen LogP contribution in [0.4, 0.5) is 0 Å². The number of carbonyl (C=O) groups is 3. The molecular weight excluding hydrogens is 604 g/mol. The van der Waals surface area contributed by atoms with Crippen molar-refractivity contribution in [3.63, 3.8) is 0 Å². The predicted molar refractivity (Wildman–Crippen MR) is 172 cm³/mol. The number of carbonyl (C=O) groups excluding carboxylic acids is 3. The molecule has 4 aromatic rings. The first-order chi connectivity index (χ1) is 22.4. The van der Waals surface area contributed by atoms with E-state index in [4.69, 9.17) is 14.2 Å². The summed E-state index contributed by atoms with van der Waals surface area (Å²) >= 11 is 1.25. The van der Waals surface area contributed by atoms with Gasteiger partial charge in [0.15, 0.2) is 11.8 Å². The standard InChI is InChI=1S/C36H32N2O7S/c1-43-27-19-17-23(18-20-27)21-44-36(42)30-28(39)22-46-35-29(34(41)38(30)35)37-33(40)32(26-15-9-4-10-16-26)45-31(24-11-5-2-6-12-24)25-13-7-3-8-14-25/h2-20,29,31-32,35,39H,21-22H2,1H3,(H,37,40)/t29?,32?,35-/m0/s1. The smallest absolute Gasteiger partial charge is 0.358 e. The maximum absolute atomic E-state index is 14.0. The lowest BCUT2D eigenvalue weighted by Crippen LogP contribution is -2.71. The number of rotatable bonds is 11. The van der Waals surface area contributed by atoms with Crippen molar-refractivity contribution in [2.24, 2.45) is 0 Å². The number of fused-ring (bicyclic) bond motifs is 1. The van der Waals surface area contributed by atoms with Gasteiger partial charge in [-0.15, -0.1) is 11.8 Å². The van der Waals surface area contributed by atoms with Crippen molar-refractivity contribution in [2.45, 2.75) is 30.2 Å². The molecule has 2 heterocycles. The van der Waals surface area contributed by atoms with Crippen LogP contribution in [0, 0.1) is 0 Å². The molecule has 6 rings (SSSR count). The van der Waals surface area contributed by atoms with Crippen molar-refractivity contribution in [3.05, 3.63) is 149 Å². The van der Waals surface area contributed by atoms with Crippen molar-refractivity contribution in [2.75, 3.05) is 12.9 Å². The van der Waals surface area contributed by atoms with E-state index in [1.807, 2.05) is 78.9 Å². The molecule has 0 aromatic heterocycles. The number of amides is 2. The first-order valence-electron chi connectivity index (χ1n) is 14.7. The molecule has 2 N–H and O–H groups in total. The van der Waals surface area contributed by atoms with Crippen LogP contribution < -0.4 is 10.1 Å². The van der Waals surface area contributed by atoms with E-state index < -0.39 is 41.4 Å². The zero-order chi connectivity index (χ0) is 32.0. The van der Waals surface area contributed by atoms with Crippen LogP contribution in [0.25, 0.3) is 0 Å². The molecule has 0 bridgehead atoms. The minimum Gasteiger partial charge on any atom is -0.509 e. The Hall–Kier alpha value is -5.06. The Kier molecular flexibility index (Phi) is 9.37. The van der Waals surface area contributed by atoms with Crippen LogP contribution in [0.2, 0.25) is 0 Å². The summed E-state index contributed by atoms with van der Waals surface area (Å²) in [4.78, 5) is 41.7. The van der Waals surface area contributed by atoms with Gasteiger partial charge in [0.05, 0.1) is 12.9 Å². The zero-order valence-corrected chi connectivity index (χ0v) is 25.8. The van der Waals surface area contributed by atoms with Gasteiger partial charge in [-0.05, 0) is 34.4 Å². The molecule has 0 saturated carbocycles. The third kappa shape index (κ3) is 6.49. The van der Waals surface area contributed by atoms with Crippen molar-refractivity contribution in [1.82, 2.24) is 10.2 Å². The SMILES string of the molecule is COc1ccc(COC(=O)C2=C(O)CS[C@H]3C(NC(=O)C(OC(c4ccccc4)c4ccccc4)c4ccccc4)C(=O)N23)cc1. The number of esters is 1. The van der Waals surface area contributed by atoms with Crippen molar-refractivity contribution in [1.29, 1.82) is 0 Å². The average molecular weight is 637 g/mol. The normalized spacial score (nSPS) is 18.0. The summed E-state index contributed by atoms with van der Waals surface area (Å²) in [5.41, 5.74) is 2.87. The Bertz CT molecular complexity index is 1680. The van der Waals surface area contributed by atoms with Gasteiger partial charge in [-0.2, -0.15) is 0 Å². The van der Waals surface area contributed by atoms with Crippen LogP contribution in [0.1, 0.15) is 34.5 Å². The third-order valence-corrected chi connectivity index (χ3v) is 9.05. The maximum Gasteiger partial charge on any atom is 0.358 e. The third-order valence-electron chi connectivity index (χ3n) is 7.79. The number of hydrogen-bond donors (Lipinski definition) is 2. The highest BCUT2D eigenvalue weighted by Crippen LogP contribution is 2.41. The van der Waals surface area contributed by atoms with E-state index in [0.717, 1.165) is 11.1 Å². The molecule has 0 radical (unpaired) electrons. The summed E-state index contributed by atoms with van der Waals surface area (Å²) in [7, 11) is 1.56. The summed E-state index contributed by atoms with van der Waals surface area (Å²) in [5.74, 6) is -1.35. The van der Waals surface area contributed by atoms with Crippen molar-refractivity contribution in [3.8, 4) is 5.75 Å². The monoisotopic (exact) mass is 636 g/mol. The fourth-order valence-corrected chi connectivity index (χ4v) is 6.62. The molecule has 234 valence electrons. The number of aliphatic hydroxyl groups excluding tert-OH is 1. The lowest BCUT2D eigenvalue weighted by Gasteiger charge is -2.49. The predicted octanol–water partition coefficient (Wildman–Crippen LogP) is 5.46. The van der Waals surface area contributed by atoms with Gasteiger partial charge in [0.2, 0.25) is 0 Å². The fraction of sp³-hybridized carbons (Fsp3) is 0.194. The number of nitrogens with one attached hydrogen (secondary N) is 1. The van der Waals surface area contributed by atoms with Crippen LogP contribution in [0.3, 0.4) is 0 Å². The van der Waals surface area contributed by atoms with Crippen LogP contribution in [0.5, 0.6) is 5.75 Å². The van der Waals surface area contributed by atoms with Gasteiger partial charge in [-0.3, -0.25) is 14.5 Å². The maximum atomic E-state index is 14.0. The van der Waals surface area contributed by atoms with Gasteiger partial charge in [-0.25, -0.2) is 4.79 Å².